The molecule has 0 heterocycles. The minimum Gasteiger partial charge on any atom is -0.370 e. The molecule has 17 heavy (non-hydrogen) atoms. The van der Waals surface area contributed by atoms with Crippen molar-refractivity contribution in [3.63, 3.8) is 0 Å². The van der Waals surface area contributed by atoms with Gasteiger partial charge in [-0.25, -0.2) is 0 Å². The summed E-state index contributed by atoms with van der Waals surface area (Å²) in [5, 5.41) is 2.83. The van der Waals surface area contributed by atoms with Crippen molar-refractivity contribution in [2.45, 2.75) is 19.4 Å². The molecule has 1 amide bonds. The Morgan fingerprint density at radius 1 is 1.59 bits per heavy atom. The van der Waals surface area contributed by atoms with E-state index in [0.717, 1.165) is 22.1 Å². The number of nitrogens with one attached hydrogen (secondary N) is 1. The number of methoxy groups -OCH3 is 1. The molecule has 5 heteroatoms. The maximum absolute atomic E-state index is 11.8. The molecule has 0 saturated heterocycles. The predicted octanol–water partition coefficient (Wildman–Crippen LogP) is 1.92. The Morgan fingerprint density at radius 2 is 2.29 bits per heavy atom. The molecular formula is C12H17BrN2O2. The highest BCUT2D eigenvalue weighted by molar-refractivity contribution is 9.10. The van der Waals surface area contributed by atoms with Gasteiger partial charge in [0.25, 0.3) is 5.91 Å². The summed E-state index contributed by atoms with van der Waals surface area (Å²) in [5.74, 6) is -0.216. The average Bonchev–Trinajstić information content (AvgIpc) is 2.33. The van der Waals surface area contributed by atoms with Crippen molar-refractivity contribution in [2.24, 2.45) is 5.73 Å². The number of nitrogens with two attached hydrogens (primary N) is 1. The number of rotatable bonds is 5. The van der Waals surface area contributed by atoms with E-state index in [-0.39, 0.29) is 12.5 Å². The van der Waals surface area contributed by atoms with Crippen molar-refractivity contribution in [1.82, 2.24) is 0 Å². The standard InChI is InChI=1S/C12H17BrN2O2/c1-3-8-6-9(13)4-5-10(8)15-12(16)11(7-14)17-2/h4-6,11H,3,7,14H2,1-2H3,(H,15,16). The van der Waals surface area contributed by atoms with E-state index < -0.39 is 6.10 Å². The van der Waals surface area contributed by atoms with Gasteiger partial charge in [-0.1, -0.05) is 22.9 Å². The van der Waals surface area contributed by atoms with Gasteiger partial charge in [0, 0.05) is 23.8 Å². The molecule has 0 spiro atoms. The minimum atomic E-state index is -0.608. The lowest BCUT2D eigenvalue weighted by Crippen LogP contribution is -2.36. The van der Waals surface area contributed by atoms with Gasteiger partial charge in [-0.3, -0.25) is 4.79 Å². The average molecular weight is 301 g/mol. The third kappa shape index (κ3) is 3.80. The number of aryl methyl sites for hydroxylation is 1. The monoisotopic (exact) mass is 300 g/mol. The van der Waals surface area contributed by atoms with Crippen LogP contribution in [-0.4, -0.2) is 25.7 Å². The third-order valence-corrected chi connectivity index (χ3v) is 2.99. The van der Waals surface area contributed by atoms with Crippen LogP contribution < -0.4 is 11.1 Å². The minimum absolute atomic E-state index is 0.167. The topological polar surface area (TPSA) is 64.4 Å². The summed E-state index contributed by atoms with van der Waals surface area (Å²) in [4.78, 5) is 11.8. The molecule has 0 fully saturated rings. The fourth-order valence-electron chi connectivity index (χ4n) is 1.50. The second kappa shape index (κ2) is 6.74. The smallest absolute Gasteiger partial charge is 0.254 e. The first-order valence-corrected chi connectivity index (χ1v) is 6.23. The van der Waals surface area contributed by atoms with E-state index >= 15 is 0 Å². The molecular weight excluding hydrogens is 284 g/mol. The normalized spacial score (nSPS) is 12.2. The Hall–Kier alpha value is -0.910. The van der Waals surface area contributed by atoms with Crippen LogP contribution in [0.1, 0.15) is 12.5 Å². The summed E-state index contributed by atoms with van der Waals surface area (Å²) in [6.45, 7) is 2.20. The lowest BCUT2D eigenvalue weighted by atomic mass is 10.1. The number of carbonyl (C=O) groups excluding carboxylic acids is 1. The first kappa shape index (κ1) is 14.2. The Morgan fingerprint density at radius 3 is 2.82 bits per heavy atom. The zero-order valence-electron chi connectivity index (χ0n) is 10.00. The zero-order chi connectivity index (χ0) is 12.8. The van der Waals surface area contributed by atoms with Gasteiger partial charge in [-0.15, -0.1) is 0 Å². The molecule has 0 aliphatic heterocycles. The molecule has 0 bridgehead atoms. The van der Waals surface area contributed by atoms with Crippen LogP contribution in [0.4, 0.5) is 5.69 Å². The summed E-state index contributed by atoms with van der Waals surface area (Å²) in [6, 6.07) is 5.74. The molecule has 0 aliphatic carbocycles. The second-order valence-electron chi connectivity index (χ2n) is 3.60. The number of amides is 1. The molecule has 0 saturated carbocycles. The molecule has 1 aromatic rings. The summed E-state index contributed by atoms with van der Waals surface area (Å²) in [6.07, 6.45) is 0.235. The number of ether oxygens (including phenoxy) is 1. The number of hydrogen-bond acceptors (Lipinski definition) is 3. The van der Waals surface area contributed by atoms with Crippen molar-refractivity contribution in [1.29, 1.82) is 0 Å². The summed E-state index contributed by atoms with van der Waals surface area (Å²) < 4.78 is 5.98. The van der Waals surface area contributed by atoms with Crippen LogP contribution in [0.5, 0.6) is 0 Å². The van der Waals surface area contributed by atoms with Crippen LogP contribution >= 0.6 is 15.9 Å². The van der Waals surface area contributed by atoms with Crippen molar-refractivity contribution in [3.8, 4) is 0 Å². The van der Waals surface area contributed by atoms with Gasteiger partial charge in [-0.2, -0.15) is 0 Å². The van der Waals surface area contributed by atoms with E-state index in [1.165, 1.54) is 7.11 Å². The number of carbonyl (C=O) groups is 1. The highest BCUT2D eigenvalue weighted by atomic mass is 79.9. The van der Waals surface area contributed by atoms with Crippen LogP contribution in [0.3, 0.4) is 0 Å². The molecule has 4 nitrogen and oxygen atoms in total. The van der Waals surface area contributed by atoms with Crippen LogP contribution in [0.15, 0.2) is 22.7 Å². The number of anilines is 1. The van der Waals surface area contributed by atoms with Crippen molar-refractivity contribution < 1.29 is 9.53 Å². The van der Waals surface area contributed by atoms with E-state index in [1.54, 1.807) is 0 Å². The maximum Gasteiger partial charge on any atom is 0.254 e. The number of hydrogen-bond donors (Lipinski definition) is 2. The summed E-state index contributed by atoms with van der Waals surface area (Å²) >= 11 is 3.40. The largest absolute Gasteiger partial charge is 0.370 e. The summed E-state index contributed by atoms with van der Waals surface area (Å²) in [7, 11) is 1.47. The molecule has 94 valence electrons. The molecule has 1 unspecified atom stereocenters. The zero-order valence-corrected chi connectivity index (χ0v) is 11.6. The first-order valence-electron chi connectivity index (χ1n) is 5.44. The summed E-state index contributed by atoms with van der Waals surface area (Å²) in [5.41, 5.74) is 7.31. The van der Waals surface area contributed by atoms with Crippen LogP contribution in [0.25, 0.3) is 0 Å². The van der Waals surface area contributed by atoms with E-state index in [1.807, 2.05) is 25.1 Å². The van der Waals surface area contributed by atoms with E-state index in [2.05, 4.69) is 21.2 Å². The quantitative estimate of drug-likeness (QED) is 0.873. The van der Waals surface area contributed by atoms with Gasteiger partial charge in [0.2, 0.25) is 0 Å². The Kier molecular flexibility index (Phi) is 5.61. The maximum atomic E-state index is 11.8. The van der Waals surface area contributed by atoms with Gasteiger partial charge in [-0.05, 0) is 30.2 Å². The SMILES string of the molecule is CCc1cc(Br)ccc1NC(=O)C(CN)OC. The van der Waals surface area contributed by atoms with Gasteiger partial charge >= 0.3 is 0 Å². The molecule has 1 atom stereocenters. The van der Waals surface area contributed by atoms with Crippen molar-refractivity contribution in [3.05, 3.63) is 28.2 Å². The Bertz CT molecular complexity index is 392. The highest BCUT2D eigenvalue weighted by Gasteiger charge is 2.16. The van der Waals surface area contributed by atoms with Gasteiger partial charge in [0.05, 0.1) is 0 Å². The molecule has 0 radical (unpaired) electrons. The van der Waals surface area contributed by atoms with E-state index in [9.17, 15) is 4.79 Å². The molecule has 3 N–H and O–H groups in total. The lowest BCUT2D eigenvalue weighted by molar-refractivity contribution is -0.125. The van der Waals surface area contributed by atoms with Gasteiger partial charge < -0.3 is 15.8 Å². The first-order chi connectivity index (χ1) is 8.12. The fraction of sp³-hybridized carbons (Fsp3) is 0.417. The lowest BCUT2D eigenvalue weighted by Gasteiger charge is -2.15. The number of benzene rings is 1. The van der Waals surface area contributed by atoms with Gasteiger partial charge in [0.1, 0.15) is 6.10 Å². The Labute approximate surface area is 110 Å². The van der Waals surface area contributed by atoms with Crippen LogP contribution in [0.2, 0.25) is 0 Å². The van der Waals surface area contributed by atoms with Crippen molar-refractivity contribution in [2.75, 3.05) is 19.0 Å². The Balaban J connectivity index is 2.84. The number of halogens is 1. The molecule has 0 aliphatic rings. The molecule has 0 aromatic heterocycles. The highest BCUT2D eigenvalue weighted by Crippen LogP contribution is 2.21. The molecule has 1 aromatic carbocycles. The second-order valence-corrected chi connectivity index (χ2v) is 4.52. The predicted molar refractivity (Wildman–Crippen MR) is 72.0 cm³/mol. The van der Waals surface area contributed by atoms with Crippen LogP contribution in [-0.2, 0) is 16.0 Å². The van der Waals surface area contributed by atoms with Gasteiger partial charge in [0.15, 0.2) is 0 Å². The fourth-order valence-corrected chi connectivity index (χ4v) is 1.91. The third-order valence-electron chi connectivity index (χ3n) is 2.50. The van der Waals surface area contributed by atoms with Crippen molar-refractivity contribution >= 4 is 27.5 Å². The van der Waals surface area contributed by atoms with E-state index in [0.29, 0.717) is 0 Å². The van der Waals surface area contributed by atoms with Crippen LogP contribution in [0, 0.1) is 0 Å². The molecule has 1 rings (SSSR count). The van der Waals surface area contributed by atoms with E-state index in [4.69, 9.17) is 10.5 Å².